The number of nitro groups is 1. The van der Waals surface area contributed by atoms with E-state index in [1.165, 1.54) is 13.0 Å². The second-order valence-electron chi connectivity index (χ2n) is 4.73. The van der Waals surface area contributed by atoms with Gasteiger partial charge in [-0.1, -0.05) is 0 Å². The highest BCUT2D eigenvalue weighted by Crippen LogP contribution is 2.26. The Bertz CT molecular complexity index is 697. The Kier molecular flexibility index (Phi) is 4.32. The fourth-order valence-corrected chi connectivity index (χ4v) is 2.82. The predicted octanol–water partition coefficient (Wildman–Crippen LogP) is 3.20. The topological polar surface area (TPSA) is 76.3 Å². The van der Waals surface area contributed by atoms with E-state index in [4.69, 9.17) is 0 Å². The first kappa shape index (κ1) is 15.1. The van der Waals surface area contributed by atoms with Gasteiger partial charge in [0.05, 0.1) is 28.2 Å². The molecule has 1 heterocycles. The maximum atomic E-state index is 11.6. The van der Waals surface area contributed by atoms with Crippen LogP contribution < -0.4 is 4.90 Å². The van der Waals surface area contributed by atoms with Gasteiger partial charge in [-0.2, -0.15) is 0 Å². The normalized spacial score (nSPS) is 10.4. The molecule has 21 heavy (non-hydrogen) atoms. The van der Waals surface area contributed by atoms with Crippen LogP contribution in [0.25, 0.3) is 0 Å². The van der Waals surface area contributed by atoms with E-state index in [9.17, 15) is 14.9 Å². The van der Waals surface area contributed by atoms with Crippen molar-refractivity contribution < 1.29 is 9.72 Å². The molecule has 0 amide bonds. The maximum absolute atomic E-state index is 11.6. The number of rotatable bonds is 5. The minimum absolute atomic E-state index is 0.130. The number of Topliss-reactive ketones (excluding diaryl/α,β-unsaturated/α-hetero) is 1. The SMILES string of the molecule is CC(=O)c1cc(N(C)Cc2scnc2C)ccc1[N+](=O)[O-]. The van der Waals surface area contributed by atoms with Gasteiger partial charge in [0.25, 0.3) is 5.69 Å². The summed E-state index contributed by atoms with van der Waals surface area (Å²) in [5.41, 5.74) is 3.49. The Morgan fingerprint density at radius 1 is 1.48 bits per heavy atom. The maximum Gasteiger partial charge on any atom is 0.280 e. The third-order valence-corrected chi connectivity index (χ3v) is 4.14. The van der Waals surface area contributed by atoms with Crippen LogP contribution in [0.3, 0.4) is 0 Å². The lowest BCUT2D eigenvalue weighted by molar-refractivity contribution is -0.385. The second-order valence-corrected chi connectivity index (χ2v) is 5.67. The average Bonchev–Trinajstić information content (AvgIpc) is 2.83. The third-order valence-electron chi connectivity index (χ3n) is 3.22. The average molecular weight is 305 g/mol. The molecule has 0 spiro atoms. The van der Waals surface area contributed by atoms with Gasteiger partial charge in [-0.25, -0.2) is 4.98 Å². The van der Waals surface area contributed by atoms with Crippen LogP contribution >= 0.6 is 11.3 Å². The molecule has 7 heteroatoms. The Hall–Kier alpha value is -2.28. The van der Waals surface area contributed by atoms with E-state index >= 15 is 0 Å². The molecule has 6 nitrogen and oxygen atoms in total. The van der Waals surface area contributed by atoms with Crippen LogP contribution in [0, 0.1) is 17.0 Å². The van der Waals surface area contributed by atoms with E-state index in [2.05, 4.69) is 4.98 Å². The first-order valence-corrected chi connectivity index (χ1v) is 7.17. The molecule has 0 saturated carbocycles. The van der Waals surface area contributed by atoms with Gasteiger partial charge in [0.1, 0.15) is 0 Å². The highest BCUT2D eigenvalue weighted by molar-refractivity contribution is 7.09. The zero-order valence-electron chi connectivity index (χ0n) is 12.0. The van der Waals surface area contributed by atoms with Crippen LogP contribution in [-0.2, 0) is 6.54 Å². The molecule has 0 aliphatic rings. The van der Waals surface area contributed by atoms with Gasteiger partial charge in [0, 0.05) is 23.7 Å². The summed E-state index contributed by atoms with van der Waals surface area (Å²) in [5, 5.41) is 10.9. The molecule has 0 fully saturated rings. The minimum Gasteiger partial charge on any atom is -0.369 e. The zero-order chi connectivity index (χ0) is 15.6. The number of benzene rings is 1. The number of ketones is 1. The number of carbonyl (C=O) groups is 1. The van der Waals surface area contributed by atoms with Gasteiger partial charge >= 0.3 is 0 Å². The van der Waals surface area contributed by atoms with Crippen molar-refractivity contribution in [1.29, 1.82) is 0 Å². The lowest BCUT2D eigenvalue weighted by Gasteiger charge is -2.19. The summed E-state index contributed by atoms with van der Waals surface area (Å²) in [6.07, 6.45) is 0. The second kappa shape index (κ2) is 6.01. The van der Waals surface area contributed by atoms with E-state index in [-0.39, 0.29) is 17.0 Å². The fourth-order valence-electron chi connectivity index (χ4n) is 1.99. The van der Waals surface area contributed by atoms with Gasteiger partial charge < -0.3 is 4.90 Å². The van der Waals surface area contributed by atoms with E-state index in [0.29, 0.717) is 6.54 Å². The molecule has 1 aromatic heterocycles. The number of nitrogens with zero attached hydrogens (tertiary/aromatic N) is 3. The number of hydrogen-bond donors (Lipinski definition) is 0. The molecule has 0 radical (unpaired) electrons. The molecule has 2 aromatic rings. The molecule has 0 bridgehead atoms. The van der Waals surface area contributed by atoms with Crippen LogP contribution in [0.15, 0.2) is 23.7 Å². The van der Waals surface area contributed by atoms with Gasteiger partial charge in [-0.05, 0) is 26.0 Å². The van der Waals surface area contributed by atoms with Crippen molar-refractivity contribution in [3.8, 4) is 0 Å². The van der Waals surface area contributed by atoms with Crippen LogP contribution in [0.2, 0.25) is 0 Å². The lowest BCUT2D eigenvalue weighted by Crippen LogP contribution is -2.17. The summed E-state index contributed by atoms with van der Waals surface area (Å²) < 4.78 is 0. The van der Waals surface area contributed by atoms with Crippen molar-refractivity contribution in [2.24, 2.45) is 0 Å². The van der Waals surface area contributed by atoms with Crippen LogP contribution in [-0.4, -0.2) is 22.7 Å². The first-order chi connectivity index (χ1) is 9.90. The Morgan fingerprint density at radius 3 is 2.71 bits per heavy atom. The predicted molar refractivity (Wildman–Crippen MR) is 82.1 cm³/mol. The minimum atomic E-state index is -0.534. The zero-order valence-corrected chi connectivity index (χ0v) is 12.8. The first-order valence-electron chi connectivity index (χ1n) is 6.29. The molecular formula is C14H15N3O3S. The van der Waals surface area contributed by atoms with Gasteiger partial charge in [0.15, 0.2) is 5.78 Å². The van der Waals surface area contributed by atoms with Crippen LogP contribution in [0.5, 0.6) is 0 Å². The van der Waals surface area contributed by atoms with Gasteiger partial charge in [0.2, 0.25) is 0 Å². The van der Waals surface area contributed by atoms with Crippen LogP contribution in [0.1, 0.15) is 27.9 Å². The Labute approximate surface area is 126 Å². The smallest absolute Gasteiger partial charge is 0.280 e. The van der Waals surface area contributed by atoms with Crippen molar-refractivity contribution in [3.05, 3.63) is 50.0 Å². The van der Waals surface area contributed by atoms with E-state index in [1.807, 2.05) is 18.9 Å². The summed E-state index contributed by atoms with van der Waals surface area (Å²) in [4.78, 5) is 29.3. The van der Waals surface area contributed by atoms with Crippen LogP contribution in [0.4, 0.5) is 11.4 Å². The van der Waals surface area contributed by atoms with Crippen molar-refractivity contribution >= 4 is 28.5 Å². The molecule has 2 rings (SSSR count). The number of anilines is 1. The van der Waals surface area contributed by atoms with Crippen molar-refractivity contribution in [3.63, 3.8) is 0 Å². The lowest BCUT2D eigenvalue weighted by atomic mass is 10.1. The van der Waals surface area contributed by atoms with E-state index in [1.54, 1.807) is 29.0 Å². The number of aryl methyl sites for hydroxylation is 1. The number of aromatic nitrogens is 1. The highest BCUT2D eigenvalue weighted by Gasteiger charge is 2.19. The fraction of sp³-hybridized carbons (Fsp3) is 0.286. The summed E-state index contributed by atoms with van der Waals surface area (Å²) in [6.45, 7) is 3.92. The highest BCUT2D eigenvalue weighted by atomic mass is 32.1. The molecule has 0 aliphatic carbocycles. The van der Waals surface area contributed by atoms with E-state index < -0.39 is 4.92 Å². The molecule has 0 N–H and O–H groups in total. The quantitative estimate of drug-likeness (QED) is 0.481. The monoisotopic (exact) mass is 305 g/mol. The molecular weight excluding hydrogens is 290 g/mol. The number of carbonyl (C=O) groups excluding carboxylic acids is 1. The summed E-state index contributed by atoms with van der Waals surface area (Å²) in [5.74, 6) is -0.314. The largest absolute Gasteiger partial charge is 0.369 e. The Balaban J connectivity index is 2.32. The standard InChI is InChI=1S/C14H15N3O3S/c1-9-14(21-8-15-9)7-16(3)11-4-5-13(17(19)20)12(6-11)10(2)18/h4-6,8H,7H2,1-3H3. The van der Waals surface area contributed by atoms with Crippen molar-refractivity contribution in [1.82, 2.24) is 4.98 Å². The van der Waals surface area contributed by atoms with E-state index in [0.717, 1.165) is 16.3 Å². The molecule has 0 unspecified atom stereocenters. The third kappa shape index (κ3) is 3.25. The summed E-state index contributed by atoms with van der Waals surface area (Å²) in [6, 6.07) is 4.60. The number of nitro benzene ring substituents is 1. The summed E-state index contributed by atoms with van der Waals surface area (Å²) in [7, 11) is 1.88. The van der Waals surface area contributed by atoms with Crippen molar-refractivity contribution in [2.75, 3.05) is 11.9 Å². The molecule has 0 aliphatic heterocycles. The summed E-state index contributed by atoms with van der Waals surface area (Å²) >= 11 is 1.56. The molecule has 0 saturated heterocycles. The number of hydrogen-bond acceptors (Lipinski definition) is 6. The number of thiazole rings is 1. The van der Waals surface area contributed by atoms with Gasteiger partial charge in [-0.3, -0.25) is 14.9 Å². The van der Waals surface area contributed by atoms with Gasteiger partial charge in [-0.15, -0.1) is 11.3 Å². The van der Waals surface area contributed by atoms with Crippen molar-refractivity contribution in [2.45, 2.75) is 20.4 Å². The molecule has 110 valence electrons. The molecule has 0 atom stereocenters. The molecule has 1 aromatic carbocycles. The Morgan fingerprint density at radius 2 is 2.19 bits per heavy atom.